The van der Waals surface area contributed by atoms with Crippen LogP contribution in [0, 0.1) is 104 Å². The van der Waals surface area contributed by atoms with Crippen molar-refractivity contribution in [3.05, 3.63) is 83.5 Å². The maximum Gasteiger partial charge on any atom is 0.113 e. The quantitative estimate of drug-likeness (QED) is 0.0645. The Morgan fingerprint density at radius 2 is 0.659 bits per heavy atom. The summed E-state index contributed by atoms with van der Waals surface area (Å²) in [6.07, 6.45) is -7.40. The number of hydrogen-bond donors (Lipinski definition) is 0. The van der Waals surface area contributed by atoms with E-state index in [0.717, 1.165) is 55.1 Å². The van der Waals surface area contributed by atoms with Crippen LogP contribution in [0.5, 0.6) is 0 Å². The maximum absolute atomic E-state index is 7.94. The van der Waals surface area contributed by atoms with Crippen LogP contribution in [-0.4, -0.2) is 239 Å². The first-order valence-electron chi connectivity index (χ1n) is 28.2. The van der Waals surface area contributed by atoms with E-state index in [-0.39, 0.29) is 27.2 Å². The van der Waals surface area contributed by atoms with Gasteiger partial charge in [-0.05, 0) is 253 Å². The van der Waals surface area contributed by atoms with Crippen LogP contribution in [0.2, 0.25) is 0 Å². The van der Waals surface area contributed by atoms with Crippen molar-refractivity contribution in [2.75, 3.05) is 0 Å². The molecule has 340 valence electrons. The Balaban J connectivity index is 2.05. The smallest absolute Gasteiger partial charge is 0.113 e. The topological polar surface area (TPSA) is 0 Å². The lowest BCUT2D eigenvalue weighted by atomic mass is 8.66. The number of benzene rings is 7. The number of rotatable bonds is 17. The van der Waals surface area contributed by atoms with Crippen molar-refractivity contribution >= 4 is 320 Å². The van der Waals surface area contributed by atoms with E-state index in [2.05, 4.69) is 104 Å². The highest BCUT2D eigenvalue weighted by Crippen LogP contribution is 2.53. The first-order valence-corrected chi connectivity index (χ1v) is 28.2. The van der Waals surface area contributed by atoms with Crippen molar-refractivity contribution in [1.29, 1.82) is 0 Å². The van der Waals surface area contributed by atoms with E-state index in [0.29, 0.717) is 27.3 Å². The van der Waals surface area contributed by atoms with Crippen LogP contribution in [0.4, 0.5) is 0 Å². The van der Waals surface area contributed by atoms with Crippen LogP contribution in [0.1, 0.15) is 83.5 Å². The van der Waals surface area contributed by atoms with Gasteiger partial charge in [0.25, 0.3) is 0 Å². The van der Waals surface area contributed by atoms with Gasteiger partial charge in [0, 0.05) is 191 Å². The van der Waals surface area contributed by atoms with E-state index < -0.39 is 70.8 Å². The zero-order chi connectivity index (χ0) is 61.8. The van der Waals surface area contributed by atoms with Crippen LogP contribution < -0.4 is 38.2 Å². The SMILES string of the molecule is [B][B]B([B])B(B([B])[B])c1c(B(B([B])[B])B([B])[B])c(B([B][B])B([B])[B])c(B([B])B([B])[B])c2c(B([B])[B][B])c(-c3c(C)c(C)c(C)c4c(-c5c(C)c(C)c(C)c6c(C)c(C)c(C)c(C)c56)c5c(C)c(C)c(C)c(C)c5c(C)c34)c([B][B])c([B])c12. The summed E-state index contributed by atoms with van der Waals surface area (Å²) < 4.78 is 0. The minimum atomic E-state index is -1.28. The molecule has 0 amide bonds. The summed E-state index contributed by atoms with van der Waals surface area (Å²) in [5.41, 5.74) is 23.2. The van der Waals surface area contributed by atoms with Crippen LogP contribution in [0.15, 0.2) is 0 Å². The van der Waals surface area contributed by atoms with Gasteiger partial charge in [-0.3, -0.25) is 0 Å². The fourth-order valence-electron chi connectivity index (χ4n) is 14.2. The van der Waals surface area contributed by atoms with Crippen LogP contribution >= 0.6 is 0 Å². The fourth-order valence-corrected chi connectivity index (χ4v) is 14.2. The minimum Gasteiger partial charge on any atom is -0.113 e. The van der Waals surface area contributed by atoms with Gasteiger partial charge in [0.15, 0.2) is 0 Å². The molecule has 0 heterocycles. The van der Waals surface area contributed by atoms with Crippen molar-refractivity contribution in [2.24, 2.45) is 0 Å². The number of hydrogen-bond acceptors (Lipinski definition) is 0. The van der Waals surface area contributed by atoms with Crippen LogP contribution in [0.25, 0.3) is 65.3 Å². The highest BCUT2D eigenvalue weighted by molar-refractivity contribution is 7.89. The van der Waals surface area contributed by atoms with Gasteiger partial charge in [-0.1, -0.05) is 27.3 Å². The summed E-state index contributed by atoms with van der Waals surface area (Å²) in [4.78, 5) is 0. The van der Waals surface area contributed by atoms with E-state index in [4.69, 9.17) is 139 Å². The van der Waals surface area contributed by atoms with E-state index in [1.165, 1.54) is 106 Å². The van der Waals surface area contributed by atoms with Gasteiger partial charge in [0.1, 0.15) is 7.85 Å². The summed E-state index contributed by atoms with van der Waals surface area (Å²) in [7, 11) is 131. The molecule has 0 fully saturated rings. The van der Waals surface area contributed by atoms with Crippen LogP contribution in [-0.2, 0) is 0 Å². The summed E-state index contributed by atoms with van der Waals surface area (Å²) in [5.74, 6) is 0. The fraction of sp³-hybridized carbons (Fsp3) is 0.306. The van der Waals surface area contributed by atoms with Crippen molar-refractivity contribution in [1.82, 2.24) is 0 Å². The van der Waals surface area contributed by atoms with Gasteiger partial charge in [-0.15, -0.1) is 10.9 Å². The van der Waals surface area contributed by atoms with Gasteiger partial charge in [-0.2, -0.15) is 0 Å². The van der Waals surface area contributed by atoms with E-state index in [1.54, 1.807) is 0 Å². The Hall–Kier alpha value is -2.28. The second kappa shape index (κ2) is 25.4. The van der Waals surface area contributed by atoms with Crippen molar-refractivity contribution in [3.63, 3.8) is 0 Å². The van der Waals surface area contributed by atoms with E-state index in [1.807, 2.05) is 0 Å². The first-order chi connectivity index (χ1) is 38.2. The third-order valence-corrected chi connectivity index (χ3v) is 19.6. The molecule has 7 rings (SSSR count). The molecular formula is C49H45B33. The predicted molar refractivity (Wildman–Crippen MR) is 406 cm³/mol. The van der Waals surface area contributed by atoms with Crippen molar-refractivity contribution in [3.8, 4) is 22.3 Å². The van der Waals surface area contributed by atoms with Crippen molar-refractivity contribution in [2.45, 2.75) is 104 Å². The molecule has 82 heavy (non-hydrogen) atoms. The molecule has 0 saturated carbocycles. The van der Waals surface area contributed by atoms with Gasteiger partial charge >= 0.3 is 0 Å². The molecule has 0 aromatic heterocycles. The Bertz CT molecular complexity index is 3720. The predicted octanol–water partition coefficient (Wildman–Crippen LogP) is -4.08. The average molecular weight is 991 g/mol. The zero-order valence-electron chi connectivity index (χ0n) is 51.1. The maximum atomic E-state index is 7.94. The highest BCUT2D eigenvalue weighted by Gasteiger charge is 2.42. The molecule has 33 heteroatoms. The standard InChI is InChI=1S/C49H45B33/c1-16-18(3)25(10)33-31(22(16)7)24(9)20(5)27(12)35(33)39-34-26(11)19(4)17(2)23(8)32(34)30(15)38-36(39)28(13)21(6)29(14)37(38)41-44(68-51)43(50)40-42(45(41)72(55)69-52)46(73(56)77(57)58)48(74(70-53)78(59)60)49(75(79(61)62)80(63)64)47(40)76(81(65)66)82(67)71-54/h1-15H3. The molecule has 0 N–H and O–H groups in total. The summed E-state index contributed by atoms with van der Waals surface area (Å²) in [6.45, 7) is 27.6. The van der Waals surface area contributed by atoms with Gasteiger partial charge in [0.2, 0.25) is 0 Å². The lowest BCUT2D eigenvalue weighted by Gasteiger charge is -2.42. The number of fused-ring (bicyclic) bond motifs is 4. The molecule has 40 radical (unpaired) electrons. The lowest BCUT2D eigenvalue weighted by Crippen LogP contribution is -2.80. The van der Waals surface area contributed by atoms with E-state index >= 15 is 0 Å². The monoisotopic (exact) mass is 997 g/mol. The van der Waals surface area contributed by atoms with Crippen molar-refractivity contribution < 1.29 is 0 Å². The second-order valence-electron chi connectivity index (χ2n) is 23.6. The Labute approximate surface area is 525 Å². The second-order valence-corrected chi connectivity index (χ2v) is 23.6. The third kappa shape index (κ3) is 10.4. The first kappa shape index (κ1) is 67.2. The Kier molecular flexibility index (Phi) is 20.9. The average Bonchev–Trinajstić information content (AvgIpc) is 1.22. The molecule has 0 nitrogen and oxygen atoms in total. The molecule has 0 unspecified atom stereocenters. The summed E-state index contributed by atoms with van der Waals surface area (Å²) in [6, 6.07) is 0. The molecular weight excluding hydrogens is 945 g/mol. The normalized spacial score (nSPS) is 11.3. The van der Waals surface area contributed by atoms with Crippen LogP contribution in [0.3, 0.4) is 0 Å². The third-order valence-electron chi connectivity index (χ3n) is 19.6. The van der Waals surface area contributed by atoms with E-state index in [9.17, 15) is 0 Å². The summed E-state index contributed by atoms with van der Waals surface area (Å²) >= 11 is 0. The molecule has 0 aliphatic rings. The lowest BCUT2D eigenvalue weighted by molar-refractivity contribution is 1.22. The summed E-state index contributed by atoms with van der Waals surface area (Å²) in [5, 5.41) is 7.41. The molecule has 0 bridgehead atoms. The molecule has 7 aromatic carbocycles. The largest absolute Gasteiger partial charge is 0.113 e. The number of aryl methyl sites for hydroxylation is 7. The zero-order valence-corrected chi connectivity index (χ0v) is 51.1. The molecule has 0 aliphatic heterocycles. The molecule has 0 spiro atoms. The molecule has 7 aromatic rings. The molecule has 0 atom stereocenters. The Morgan fingerprint density at radius 3 is 1.04 bits per heavy atom. The van der Waals surface area contributed by atoms with Gasteiger partial charge < -0.3 is 0 Å². The molecule has 0 saturated heterocycles. The van der Waals surface area contributed by atoms with Gasteiger partial charge in [0.05, 0.1) is 39.6 Å². The molecule has 0 aliphatic carbocycles. The van der Waals surface area contributed by atoms with Gasteiger partial charge in [-0.25, -0.2) is 0 Å². The Morgan fingerprint density at radius 1 is 0.280 bits per heavy atom. The highest BCUT2D eigenvalue weighted by atomic mass is 14.3. The minimum absolute atomic E-state index is 0.133.